The van der Waals surface area contributed by atoms with Gasteiger partial charge < -0.3 is 25.1 Å². The van der Waals surface area contributed by atoms with Gasteiger partial charge in [0, 0.05) is 61.3 Å². The van der Waals surface area contributed by atoms with E-state index in [0.717, 1.165) is 33.8 Å². The molecule has 0 radical (unpaired) electrons. The van der Waals surface area contributed by atoms with Gasteiger partial charge in [-0.25, -0.2) is 27.2 Å². The number of rotatable bonds is 19. The topological polar surface area (TPSA) is 204 Å². The van der Waals surface area contributed by atoms with Crippen molar-refractivity contribution < 1.29 is 46.3 Å². The van der Waals surface area contributed by atoms with Crippen LogP contribution in [0.1, 0.15) is 87.0 Å². The molecule has 3 aromatic heterocycles. The Bertz CT molecular complexity index is 2940. The molecule has 0 bridgehead atoms. The van der Waals surface area contributed by atoms with E-state index in [1.165, 1.54) is 16.2 Å². The molecule has 0 unspecified atom stereocenters. The van der Waals surface area contributed by atoms with Crippen LogP contribution < -0.4 is 14.9 Å². The number of ketones is 1. The Morgan fingerprint density at radius 2 is 1.71 bits per heavy atom. The highest BCUT2D eigenvalue weighted by molar-refractivity contribution is 7.92. The molecule has 6 aromatic rings. The average molecular weight is 970 g/mol. The van der Waals surface area contributed by atoms with Crippen molar-refractivity contribution in [1.29, 1.82) is 0 Å². The van der Waals surface area contributed by atoms with E-state index >= 15 is 8.78 Å². The molecule has 3 amide bonds. The van der Waals surface area contributed by atoms with Crippen molar-refractivity contribution in [2.24, 2.45) is 5.41 Å². The number of fused-ring (bicyclic) bond motifs is 1. The van der Waals surface area contributed by atoms with Crippen LogP contribution in [0, 0.1) is 24.0 Å². The first-order chi connectivity index (χ1) is 32.4. The molecule has 68 heavy (non-hydrogen) atoms. The van der Waals surface area contributed by atoms with Crippen molar-refractivity contribution in [3.63, 3.8) is 0 Å². The predicted octanol–water partition coefficient (Wildman–Crippen LogP) is 7.94. The first kappa shape index (κ1) is 49.3. The number of β-amino-alcohol motifs (C(OH)–C–C–N with tert-alkyl or cyclic N) is 1. The third-order valence-corrected chi connectivity index (χ3v) is 14.0. The molecular weight excluding hydrogens is 917 g/mol. The lowest BCUT2D eigenvalue weighted by Crippen LogP contribution is -2.48. The van der Waals surface area contributed by atoms with Gasteiger partial charge in [-0.1, -0.05) is 64.1 Å². The summed E-state index contributed by atoms with van der Waals surface area (Å²) in [7, 11) is -3.94. The highest BCUT2D eigenvalue weighted by Crippen LogP contribution is 2.33. The number of carbonyl (C=O) groups excluding carboxylic acids is 4. The lowest BCUT2D eigenvalue weighted by atomic mass is 9.88. The van der Waals surface area contributed by atoms with Gasteiger partial charge in [-0.15, -0.1) is 11.3 Å². The van der Waals surface area contributed by atoms with Gasteiger partial charge >= 0.3 is 0 Å². The van der Waals surface area contributed by atoms with E-state index in [1.807, 2.05) is 52.0 Å². The van der Waals surface area contributed by atoms with Crippen LogP contribution >= 0.6 is 11.3 Å². The quantitative estimate of drug-likeness (QED) is 0.0456. The predicted molar refractivity (Wildman–Crippen MR) is 255 cm³/mol. The number of aromatic amines is 1. The Morgan fingerprint density at radius 1 is 0.985 bits per heavy atom. The molecule has 0 spiro atoms. The van der Waals surface area contributed by atoms with Crippen LogP contribution in [0.3, 0.4) is 0 Å². The normalized spacial score (nSPS) is 15.1. The van der Waals surface area contributed by atoms with E-state index in [2.05, 4.69) is 25.0 Å². The highest BCUT2D eigenvalue weighted by Gasteiger charge is 2.41. The number of hydroxylamine groups is 2. The van der Waals surface area contributed by atoms with Crippen molar-refractivity contribution in [2.45, 2.75) is 85.4 Å². The number of hydrogen-bond acceptors (Lipinski definition) is 11. The van der Waals surface area contributed by atoms with Crippen molar-refractivity contribution in [3.8, 4) is 27.3 Å². The maximum Gasteiger partial charge on any atom is 0.255 e. The summed E-state index contributed by atoms with van der Waals surface area (Å²) in [6.45, 7) is 9.34. The van der Waals surface area contributed by atoms with Gasteiger partial charge in [0.1, 0.15) is 17.5 Å². The molecule has 358 valence electrons. The monoisotopic (exact) mass is 969 g/mol. The SMILES string of the molecule is CCCC(=O)N(CC(C)(C)CC(=O)N1C[C@@H](O)C[C@H]1C(=O)NCc1ccc(-c2scnc2C)cc1)Oc1ccc(-c2cnc3[nH]cc(C(=O)c4c(F)ccc(NS(=O)(=O)CCC)c4F)c3c2)cc1. The number of H-pyrrole nitrogens is 1. The number of anilines is 1. The number of carbonyl (C=O) groups is 4. The lowest BCUT2D eigenvalue weighted by molar-refractivity contribution is -0.163. The van der Waals surface area contributed by atoms with Gasteiger partial charge in [-0.05, 0) is 72.2 Å². The number of benzene rings is 3. The Labute approximate surface area is 397 Å². The Balaban J connectivity index is 1.01. The number of thiazole rings is 1. The molecule has 15 nitrogen and oxygen atoms in total. The Hall–Kier alpha value is -6.57. The van der Waals surface area contributed by atoms with Crippen molar-refractivity contribution in [3.05, 3.63) is 119 Å². The number of nitrogens with zero attached hydrogens (tertiary/aromatic N) is 4. The highest BCUT2D eigenvalue weighted by atomic mass is 32.2. The van der Waals surface area contributed by atoms with Crippen LogP contribution in [0.4, 0.5) is 14.5 Å². The molecule has 2 atom stereocenters. The number of aromatic nitrogens is 3. The fraction of sp³-hybridized carbons (Fsp3) is 0.347. The number of sulfonamides is 1. The van der Waals surface area contributed by atoms with Gasteiger partial charge in [-0.2, -0.15) is 5.06 Å². The van der Waals surface area contributed by atoms with Crippen LogP contribution in [-0.4, -0.2) is 92.9 Å². The second kappa shape index (κ2) is 20.7. The number of nitrogens with one attached hydrogen (secondary N) is 3. The molecule has 1 fully saturated rings. The molecule has 1 aliphatic heterocycles. The van der Waals surface area contributed by atoms with Crippen molar-refractivity contribution in [1.82, 2.24) is 30.2 Å². The minimum atomic E-state index is -3.94. The summed E-state index contributed by atoms with van der Waals surface area (Å²) in [4.78, 5) is 74.7. The van der Waals surface area contributed by atoms with E-state index in [-0.39, 0.29) is 85.4 Å². The largest absolute Gasteiger partial charge is 0.391 e. The number of amides is 3. The zero-order valence-corrected chi connectivity index (χ0v) is 39.9. The number of aliphatic hydroxyl groups excluding tert-OH is 1. The molecule has 4 heterocycles. The van der Waals surface area contributed by atoms with Gasteiger partial charge in [0.2, 0.25) is 27.6 Å². The number of halogens is 2. The summed E-state index contributed by atoms with van der Waals surface area (Å²) in [5, 5.41) is 15.0. The number of hydrogen-bond donors (Lipinski definition) is 4. The smallest absolute Gasteiger partial charge is 0.255 e. The average Bonchev–Trinajstić information content (AvgIpc) is 4.04. The third kappa shape index (κ3) is 11.4. The van der Waals surface area contributed by atoms with Crippen LogP contribution in [0.25, 0.3) is 32.6 Å². The summed E-state index contributed by atoms with van der Waals surface area (Å²) < 4.78 is 57.4. The Morgan fingerprint density at radius 3 is 2.38 bits per heavy atom. The molecular formula is C49H53F2N7O8S2. The molecule has 0 aliphatic carbocycles. The van der Waals surface area contributed by atoms with E-state index < -0.39 is 56.3 Å². The standard InChI is InChI=1S/C49H53F2N7O8S2/c1-6-8-41(60)58(27-49(4,5)22-42(61)57-26-34(59)21-40(57)48(63)54-23-30-9-11-32(12-10-30)46-29(3)55-28-67-46)66-35-15-13-31(14-16-35)33-20-36-37(25-53-47(36)52-24-33)45(62)43-38(50)17-18-39(44(43)51)56-68(64,65)19-7-2/h9-18,20,24-25,28,34,40,56,59H,6-8,19,21-23,26-27H2,1-5H3,(H,52,53)(H,54,63)/t34-,40-/m0/s1. The molecule has 3 aromatic carbocycles. The van der Waals surface area contributed by atoms with Gasteiger partial charge in [0.15, 0.2) is 11.6 Å². The third-order valence-electron chi connectivity index (χ3n) is 11.5. The summed E-state index contributed by atoms with van der Waals surface area (Å²) in [6, 6.07) is 17.0. The summed E-state index contributed by atoms with van der Waals surface area (Å²) in [6.07, 6.45) is 2.96. The number of aliphatic hydroxyl groups is 1. The molecule has 7 rings (SSSR count). The van der Waals surface area contributed by atoms with Gasteiger partial charge in [0.25, 0.3) is 5.91 Å². The van der Waals surface area contributed by atoms with Crippen molar-refractivity contribution >= 4 is 61.6 Å². The van der Waals surface area contributed by atoms with Crippen LogP contribution in [0.15, 0.2) is 84.6 Å². The van der Waals surface area contributed by atoms with Gasteiger partial charge in [0.05, 0.1) is 45.7 Å². The minimum absolute atomic E-state index is 0.00246. The van der Waals surface area contributed by atoms with E-state index in [1.54, 1.807) is 60.3 Å². The number of pyridine rings is 1. The van der Waals surface area contributed by atoms with Crippen molar-refractivity contribution in [2.75, 3.05) is 23.6 Å². The molecule has 1 aliphatic rings. The lowest BCUT2D eigenvalue weighted by Gasteiger charge is -2.33. The van der Waals surface area contributed by atoms with Crippen LogP contribution in [-0.2, 0) is 31.0 Å². The van der Waals surface area contributed by atoms with Crippen LogP contribution in [0.2, 0.25) is 0 Å². The van der Waals surface area contributed by atoms with E-state index in [0.29, 0.717) is 23.3 Å². The molecule has 4 N–H and O–H groups in total. The van der Waals surface area contributed by atoms with E-state index in [4.69, 9.17) is 4.84 Å². The number of aryl methyl sites for hydroxylation is 1. The maximum atomic E-state index is 15.6. The molecule has 0 saturated carbocycles. The second-order valence-corrected chi connectivity index (χ2v) is 20.3. The summed E-state index contributed by atoms with van der Waals surface area (Å²) in [5.74, 6) is -4.55. The first-order valence-corrected chi connectivity index (χ1v) is 24.7. The second-order valence-electron chi connectivity index (χ2n) is 17.6. The minimum Gasteiger partial charge on any atom is -0.391 e. The maximum absolute atomic E-state index is 15.6. The zero-order valence-electron chi connectivity index (χ0n) is 38.3. The van der Waals surface area contributed by atoms with Crippen LogP contribution in [0.5, 0.6) is 5.75 Å². The van der Waals surface area contributed by atoms with E-state index in [9.17, 15) is 32.7 Å². The summed E-state index contributed by atoms with van der Waals surface area (Å²) >= 11 is 1.56. The Kier molecular flexibility index (Phi) is 15.1. The molecule has 19 heteroatoms. The fourth-order valence-electron chi connectivity index (χ4n) is 8.11. The van der Waals surface area contributed by atoms with Gasteiger partial charge in [-0.3, -0.25) is 23.9 Å². The first-order valence-electron chi connectivity index (χ1n) is 22.2. The molecule has 1 saturated heterocycles. The fourth-order valence-corrected chi connectivity index (χ4v) is 10.1. The zero-order chi connectivity index (χ0) is 48.9. The summed E-state index contributed by atoms with van der Waals surface area (Å²) in [5.41, 5.74) is 3.67. The number of likely N-dealkylation sites (tertiary alicyclic amines) is 1.